The maximum Gasteiger partial charge on any atom is 0.169 e. The Morgan fingerprint density at radius 2 is 1.25 bits per heavy atom. The van der Waals surface area contributed by atoms with E-state index in [2.05, 4.69) is 32.9 Å². The van der Waals surface area contributed by atoms with Crippen LogP contribution in [0.4, 0.5) is 0 Å². The zero-order valence-corrected chi connectivity index (χ0v) is 14.0. The Bertz CT molecular complexity index is 592. The molecule has 2 aromatic rings. The van der Waals surface area contributed by atoms with Crippen LogP contribution in [0.2, 0.25) is 5.02 Å². The molecular weight excluding hydrogens is 311 g/mol. The van der Waals surface area contributed by atoms with E-state index in [1.165, 1.54) is 5.56 Å². The monoisotopic (exact) mass is 326 g/mol. The van der Waals surface area contributed by atoms with E-state index in [1.54, 1.807) is 6.07 Å². The zero-order valence-electron chi connectivity index (χ0n) is 11.8. The molecule has 0 heterocycles. The van der Waals surface area contributed by atoms with Crippen LogP contribution in [-0.4, -0.2) is 0 Å². The van der Waals surface area contributed by atoms with Gasteiger partial charge in [0.1, 0.15) is 0 Å². The Morgan fingerprint density at radius 3 is 1.75 bits per heavy atom. The molecule has 0 bridgehead atoms. The Hall–Kier alpha value is -0.690. The lowest BCUT2D eigenvalue weighted by molar-refractivity contribution is 0.590. The molecule has 20 heavy (non-hydrogen) atoms. The SMILES string of the molecule is CC(C)(C)c1ccc(C(Cl)(Cl)c2ccccc2Cl)cc1. The fraction of sp³-hybridized carbons (Fsp3) is 0.294. The van der Waals surface area contributed by atoms with Crippen LogP contribution in [0.25, 0.3) is 0 Å². The first-order chi connectivity index (χ1) is 9.23. The van der Waals surface area contributed by atoms with Gasteiger partial charge in [-0.2, -0.15) is 0 Å². The quantitative estimate of drug-likeness (QED) is 0.566. The summed E-state index contributed by atoms with van der Waals surface area (Å²) in [6.45, 7) is 6.51. The second kappa shape index (κ2) is 5.60. The normalized spacial score (nSPS) is 12.5. The molecule has 0 saturated carbocycles. The van der Waals surface area contributed by atoms with Crippen molar-refractivity contribution < 1.29 is 0 Å². The fourth-order valence-electron chi connectivity index (χ4n) is 2.05. The van der Waals surface area contributed by atoms with Gasteiger partial charge in [0.25, 0.3) is 0 Å². The summed E-state index contributed by atoms with van der Waals surface area (Å²) >= 11 is 19.3. The maximum atomic E-state index is 6.54. The van der Waals surface area contributed by atoms with Crippen LogP contribution in [0.15, 0.2) is 48.5 Å². The number of rotatable bonds is 2. The molecule has 0 amide bonds. The van der Waals surface area contributed by atoms with Gasteiger partial charge in [-0.1, -0.05) is 98.0 Å². The first-order valence-corrected chi connectivity index (χ1v) is 7.60. The van der Waals surface area contributed by atoms with Gasteiger partial charge in [0.2, 0.25) is 0 Å². The number of benzene rings is 2. The molecular formula is C17H17Cl3. The van der Waals surface area contributed by atoms with E-state index in [9.17, 15) is 0 Å². The Balaban J connectivity index is 2.43. The topological polar surface area (TPSA) is 0 Å². The zero-order chi connectivity index (χ0) is 15.0. The average molecular weight is 328 g/mol. The lowest BCUT2D eigenvalue weighted by atomic mass is 9.86. The maximum absolute atomic E-state index is 6.54. The third-order valence-corrected chi connectivity index (χ3v) is 4.50. The molecule has 0 aromatic heterocycles. The Kier molecular flexibility index (Phi) is 4.39. The summed E-state index contributed by atoms with van der Waals surface area (Å²) in [4.78, 5) is 0. The molecule has 106 valence electrons. The van der Waals surface area contributed by atoms with Gasteiger partial charge in [-0.25, -0.2) is 0 Å². The molecule has 0 aliphatic carbocycles. The first kappa shape index (κ1) is 15.7. The van der Waals surface area contributed by atoms with Gasteiger partial charge in [0, 0.05) is 10.6 Å². The highest BCUT2D eigenvalue weighted by Gasteiger charge is 2.31. The molecule has 0 nitrogen and oxygen atoms in total. The molecule has 0 N–H and O–H groups in total. The molecule has 2 rings (SSSR count). The van der Waals surface area contributed by atoms with Crippen molar-refractivity contribution in [2.45, 2.75) is 30.5 Å². The molecule has 0 aliphatic rings. The Labute approximate surface area is 135 Å². The Morgan fingerprint density at radius 1 is 0.750 bits per heavy atom. The summed E-state index contributed by atoms with van der Waals surface area (Å²) in [6.07, 6.45) is 0. The van der Waals surface area contributed by atoms with Crippen LogP contribution in [0.5, 0.6) is 0 Å². The van der Waals surface area contributed by atoms with Gasteiger partial charge in [-0.05, 0) is 22.6 Å². The summed E-state index contributed by atoms with van der Waals surface area (Å²) in [7, 11) is 0. The van der Waals surface area contributed by atoms with E-state index in [0.29, 0.717) is 10.6 Å². The summed E-state index contributed by atoms with van der Waals surface area (Å²) in [5.41, 5.74) is 2.87. The molecule has 3 heteroatoms. The predicted octanol–water partition coefficient (Wildman–Crippen LogP) is 6.32. The van der Waals surface area contributed by atoms with Crippen molar-refractivity contribution in [3.8, 4) is 0 Å². The van der Waals surface area contributed by atoms with E-state index in [-0.39, 0.29) is 5.41 Å². The molecule has 0 aliphatic heterocycles. The van der Waals surface area contributed by atoms with E-state index in [1.807, 2.05) is 30.3 Å². The van der Waals surface area contributed by atoms with Gasteiger partial charge in [-0.15, -0.1) is 0 Å². The van der Waals surface area contributed by atoms with Crippen molar-refractivity contribution in [1.29, 1.82) is 0 Å². The van der Waals surface area contributed by atoms with Gasteiger partial charge >= 0.3 is 0 Å². The van der Waals surface area contributed by atoms with Crippen LogP contribution in [0, 0.1) is 0 Å². The minimum atomic E-state index is -1.14. The van der Waals surface area contributed by atoms with E-state index < -0.39 is 4.33 Å². The van der Waals surface area contributed by atoms with Crippen LogP contribution in [0.1, 0.15) is 37.5 Å². The number of hydrogen-bond donors (Lipinski definition) is 0. The van der Waals surface area contributed by atoms with Crippen LogP contribution in [0.3, 0.4) is 0 Å². The van der Waals surface area contributed by atoms with E-state index in [0.717, 1.165) is 5.56 Å². The lowest BCUT2D eigenvalue weighted by Crippen LogP contribution is -2.15. The summed E-state index contributed by atoms with van der Waals surface area (Å²) in [6, 6.07) is 15.4. The standard InChI is InChI=1S/C17H17Cl3/c1-16(2,3)12-8-10-13(11-9-12)17(19,20)14-6-4-5-7-15(14)18/h4-11H,1-3H3. The van der Waals surface area contributed by atoms with E-state index in [4.69, 9.17) is 34.8 Å². The largest absolute Gasteiger partial charge is 0.169 e. The highest BCUT2D eigenvalue weighted by molar-refractivity contribution is 6.51. The molecule has 0 atom stereocenters. The summed E-state index contributed by atoms with van der Waals surface area (Å²) in [5.74, 6) is 0. The second-order valence-corrected chi connectivity index (χ2v) is 7.62. The average Bonchev–Trinajstić information content (AvgIpc) is 2.38. The molecule has 0 saturated heterocycles. The highest BCUT2D eigenvalue weighted by Crippen LogP contribution is 2.44. The molecule has 2 aromatic carbocycles. The first-order valence-electron chi connectivity index (χ1n) is 6.47. The van der Waals surface area contributed by atoms with Crippen LogP contribution < -0.4 is 0 Å². The van der Waals surface area contributed by atoms with Crippen molar-refractivity contribution in [3.63, 3.8) is 0 Å². The minimum absolute atomic E-state index is 0.101. The fourth-order valence-corrected chi connectivity index (χ4v) is 3.01. The van der Waals surface area contributed by atoms with Crippen molar-refractivity contribution in [1.82, 2.24) is 0 Å². The van der Waals surface area contributed by atoms with Crippen LogP contribution >= 0.6 is 34.8 Å². The summed E-state index contributed by atoms with van der Waals surface area (Å²) in [5, 5.41) is 0.567. The van der Waals surface area contributed by atoms with E-state index >= 15 is 0 Å². The van der Waals surface area contributed by atoms with Crippen molar-refractivity contribution in [2.24, 2.45) is 0 Å². The van der Waals surface area contributed by atoms with Gasteiger partial charge in [0.05, 0.1) is 0 Å². The third kappa shape index (κ3) is 3.14. The van der Waals surface area contributed by atoms with Crippen molar-refractivity contribution in [3.05, 3.63) is 70.2 Å². The number of alkyl halides is 2. The van der Waals surface area contributed by atoms with Crippen LogP contribution in [-0.2, 0) is 9.75 Å². The third-order valence-electron chi connectivity index (χ3n) is 3.33. The highest BCUT2D eigenvalue weighted by atomic mass is 35.5. The molecule has 0 spiro atoms. The number of halogens is 3. The molecule has 0 radical (unpaired) electrons. The van der Waals surface area contributed by atoms with Crippen molar-refractivity contribution in [2.75, 3.05) is 0 Å². The smallest absolute Gasteiger partial charge is 0.0909 e. The van der Waals surface area contributed by atoms with Gasteiger partial charge < -0.3 is 0 Å². The predicted molar refractivity (Wildman–Crippen MR) is 89.1 cm³/mol. The lowest BCUT2D eigenvalue weighted by Gasteiger charge is -2.24. The molecule has 0 fully saturated rings. The number of hydrogen-bond acceptors (Lipinski definition) is 0. The molecule has 0 unspecified atom stereocenters. The second-order valence-electron chi connectivity index (χ2n) is 5.88. The minimum Gasteiger partial charge on any atom is -0.0909 e. The van der Waals surface area contributed by atoms with Gasteiger partial charge in [0.15, 0.2) is 4.33 Å². The van der Waals surface area contributed by atoms with Crippen molar-refractivity contribution >= 4 is 34.8 Å². The van der Waals surface area contributed by atoms with Gasteiger partial charge in [-0.3, -0.25) is 0 Å². The summed E-state index contributed by atoms with van der Waals surface area (Å²) < 4.78 is -1.14.